The number of thiophene rings is 1. The van der Waals surface area contributed by atoms with Gasteiger partial charge in [-0.25, -0.2) is 4.79 Å². The van der Waals surface area contributed by atoms with E-state index < -0.39 is 0 Å². The molecule has 1 aliphatic rings. The minimum Gasteiger partial charge on any atom is -0.462 e. The van der Waals surface area contributed by atoms with Crippen LogP contribution in [-0.4, -0.2) is 18.5 Å². The highest BCUT2D eigenvalue weighted by atomic mass is 32.1. The molecule has 1 amide bonds. The van der Waals surface area contributed by atoms with E-state index in [4.69, 9.17) is 4.74 Å². The Morgan fingerprint density at radius 2 is 2.18 bits per heavy atom. The van der Waals surface area contributed by atoms with E-state index in [1.807, 2.05) is 0 Å². The Bertz CT molecular complexity index is 465. The van der Waals surface area contributed by atoms with Crippen molar-refractivity contribution in [3.63, 3.8) is 0 Å². The Balaban J connectivity index is 2.37. The third-order valence-corrected chi connectivity index (χ3v) is 3.96. The van der Waals surface area contributed by atoms with Crippen LogP contribution in [0.25, 0.3) is 0 Å². The summed E-state index contributed by atoms with van der Waals surface area (Å²) >= 11 is 1.45. The second kappa shape index (κ2) is 4.87. The Labute approximate surface area is 104 Å². The predicted molar refractivity (Wildman–Crippen MR) is 66.6 cm³/mol. The number of carbonyl (C=O) groups is 2. The average molecular weight is 253 g/mol. The minimum absolute atomic E-state index is 0.150. The van der Waals surface area contributed by atoms with Crippen molar-refractivity contribution in [1.82, 2.24) is 0 Å². The Morgan fingerprint density at radius 1 is 1.41 bits per heavy atom. The highest BCUT2D eigenvalue weighted by Gasteiger charge is 2.26. The van der Waals surface area contributed by atoms with Crippen LogP contribution in [0.15, 0.2) is 0 Å². The summed E-state index contributed by atoms with van der Waals surface area (Å²) in [6, 6.07) is 0. The van der Waals surface area contributed by atoms with Crippen molar-refractivity contribution in [2.75, 3.05) is 11.9 Å². The van der Waals surface area contributed by atoms with Crippen LogP contribution in [0.2, 0.25) is 0 Å². The first-order valence-electron chi connectivity index (χ1n) is 5.72. The Kier molecular flexibility index (Phi) is 3.47. The molecule has 1 aliphatic carbocycles. The van der Waals surface area contributed by atoms with E-state index in [1.54, 1.807) is 6.92 Å². The molecule has 5 heteroatoms. The van der Waals surface area contributed by atoms with Crippen molar-refractivity contribution >= 4 is 28.9 Å². The molecule has 0 atom stereocenters. The van der Waals surface area contributed by atoms with Gasteiger partial charge in [-0.15, -0.1) is 11.3 Å². The Hall–Kier alpha value is -1.36. The number of ether oxygens (including phenoxy) is 1. The van der Waals surface area contributed by atoms with Crippen LogP contribution in [0.4, 0.5) is 5.69 Å². The quantitative estimate of drug-likeness (QED) is 0.841. The van der Waals surface area contributed by atoms with Crippen LogP contribution in [0.5, 0.6) is 0 Å². The van der Waals surface area contributed by atoms with Crippen molar-refractivity contribution in [3.8, 4) is 0 Å². The van der Waals surface area contributed by atoms with Gasteiger partial charge in [0.1, 0.15) is 4.88 Å². The summed E-state index contributed by atoms with van der Waals surface area (Å²) in [7, 11) is 0. The molecule has 0 saturated heterocycles. The molecule has 92 valence electrons. The maximum Gasteiger partial charge on any atom is 0.350 e. The summed E-state index contributed by atoms with van der Waals surface area (Å²) < 4.78 is 5.01. The van der Waals surface area contributed by atoms with Crippen molar-refractivity contribution in [1.29, 1.82) is 0 Å². The van der Waals surface area contributed by atoms with E-state index in [0.29, 0.717) is 17.2 Å². The van der Waals surface area contributed by atoms with Gasteiger partial charge < -0.3 is 10.1 Å². The third-order valence-electron chi connectivity index (χ3n) is 2.68. The zero-order valence-corrected chi connectivity index (χ0v) is 10.8. The lowest BCUT2D eigenvalue weighted by atomic mass is 10.2. The fourth-order valence-corrected chi connectivity index (χ4v) is 3.29. The summed E-state index contributed by atoms with van der Waals surface area (Å²) in [6.45, 7) is 3.58. The van der Waals surface area contributed by atoms with Crippen LogP contribution >= 0.6 is 11.3 Å². The molecular weight excluding hydrogens is 238 g/mol. The molecule has 0 radical (unpaired) electrons. The van der Waals surface area contributed by atoms with Crippen molar-refractivity contribution in [2.24, 2.45) is 0 Å². The SMILES string of the molecule is CCOC(=O)c1sc2c(c1NC(C)=O)CCC2. The molecule has 1 aromatic heterocycles. The lowest BCUT2D eigenvalue weighted by molar-refractivity contribution is -0.114. The number of hydrogen-bond acceptors (Lipinski definition) is 4. The molecule has 0 unspecified atom stereocenters. The van der Waals surface area contributed by atoms with E-state index in [0.717, 1.165) is 24.8 Å². The zero-order valence-electron chi connectivity index (χ0n) is 9.96. The number of hydrogen-bond donors (Lipinski definition) is 1. The van der Waals surface area contributed by atoms with Gasteiger partial charge in [0.2, 0.25) is 5.91 Å². The first-order valence-corrected chi connectivity index (χ1v) is 6.54. The Morgan fingerprint density at radius 3 is 2.82 bits per heavy atom. The molecule has 2 rings (SSSR count). The standard InChI is InChI=1S/C12H15NO3S/c1-3-16-12(15)11-10(13-7(2)14)8-5-4-6-9(8)17-11/h3-6H2,1-2H3,(H,13,14). The molecule has 0 saturated carbocycles. The summed E-state index contributed by atoms with van der Waals surface area (Å²) in [6.07, 6.45) is 3.02. The van der Waals surface area contributed by atoms with Crippen LogP contribution in [0.3, 0.4) is 0 Å². The van der Waals surface area contributed by atoms with Crippen molar-refractivity contribution < 1.29 is 14.3 Å². The van der Waals surface area contributed by atoms with Crippen LogP contribution in [0.1, 0.15) is 40.4 Å². The second-order valence-electron chi connectivity index (χ2n) is 3.96. The van der Waals surface area contributed by atoms with E-state index in [1.165, 1.54) is 23.1 Å². The number of esters is 1. The summed E-state index contributed by atoms with van der Waals surface area (Å²) in [5.74, 6) is -0.487. The number of anilines is 1. The smallest absolute Gasteiger partial charge is 0.350 e. The third kappa shape index (κ3) is 2.34. The predicted octanol–water partition coefficient (Wildman–Crippen LogP) is 2.37. The molecule has 1 N–H and O–H groups in total. The zero-order chi connectivity index (χ0) is 12.4. The normalized spacial score (nSPS) is 13.3. The first kappa shape index (κ1) is 12.1. The summed E-state index contributed by atoms with van der Waals surface area (Å²) in [5.41, 5.74) is 1.79. The second-order valence-corrected chi connectivity index (χ2v) is 5.07. The van der Waals surface area contributed by atoms with Gasteiger partial charge in [-0.1, -0.05) is 0 Å². The van der Waals surface area contributed by atoms with E-state index in [2.05, 4.69) is 5.32 Å². The highest BCUT2D eigenvalue weighted by Crippen LogP contribution is 2.39. The van der Waals surface area contributed by atoms with Gasteiger partial charge in [0, 0.05) is 11.8 Å². The summed E-state index contributed by atoms with van der Waals surface area (Å²) in [5, 5.41) is 2.76. The number of amides is 1. The number of carbonyl (C=O) groups excluding carboxylic acids is 2. The number of rotatable bonds is 3. The van der Waals surface area contributed by atoms with Crippen LogP contribution in [-0.2, 0) is 22.4 Å². The molecule has 0 spiro atoms. The summed E-state index contributed by atoms with van der Waals surface area (Å²) in [4.78, 5) is 24.7. The topological polar surface area (TPSA) is 55.4 Å². The molecule has 0 fully saturated rings. The largest absolute Gasteiger partial charge is 0.462 e. The molecule has 17 heavy (non-hydrogen) atoms. The number of aryl methyl sites for hydroxylation is 1. The van der Waals surface area contributed by atoms with Gasteiger partial charge in [-0.2, -0.15) is 0 Å². The minimum atomic E-state index is -0.337. The first-order chi connectivity index (χ1) is 8.13. The van der Waals surface area contributed by atoms with Crippen LogP contribution in [0, 0.1) is 0 Å². The molecule has 0 aromatic carbocycles. The van der Waals surface area contributed by atoms with Gasteiger partial charge in [0.15, 0.2) is 0 Å². The van der Waals surface area contributed by atoms with Crippen LogP contribution < -0.4 is 5.32 Å². The maximum absolute atomic E-state index is 11.8. The molecular formula is C12H15NO3S. The van der Waals surface area contributed by atoms with Gasteiger partial charge in [0.05, 0.1) is 12.3 Å². The van der Waals surface area contributed by atoms with Gasteiger partial charge in [0.25, 0.3) is 0 Å². The van der Waals surface area contributed by atoms with E-state index in [9.17, 15) is 9.59 Å². The maximum atomic E-state index is 11.8. The molecule has 0 bridgehead atoms. The molecule has 1 aromatic rings. The number of nitrogens with one attached hydrogen (secondary N) is 1. The lowest BCUT2D eigenvalue weighted by Gasteiger charge is -2.06. The molecule has 4 nitrogen and oxygen atoms in total. The average Bonchev–Trinajstić information content (AvgIpc) is 2.80. The monoisotopic (exact) mass is 253 g/mol. The highest BCUT2D eigenvalue weighted by molar-refractivity contribution is 7.14. The van der Waals surface area contributed by atoms with E-state index in [-0.39, 0.29) is 11.9 Å². The van der Waals surface area contributed by atoms with Gasteiger partial charge >= 0.3 is 5.97 Å². The van der Waals surface area contributed by atoms with E-state index >= 15 is 0 Å². The van der Waals surface area contributed by atoms with Gasteiger partial charge in [-0.3, -0.25) is 4.79 Å². The fraction of sp³-hybridized carbons (Fsp3) is 0.500. The fourth-order valence-electron chi connectivity index (χ4n) is 2.05. The lowest BCUT2D eigenvalue weighted by Crippen LogP contribution is -2.12. The molecule has 1 heterocycles. The van der Waals surface area contributed by atoms with Crippen molar-refractivity contribution in [2.45, 2.75) is 33.1 Å². The number of fused-ring (bicyclic) bond motifs is 1. The van der Waals surface area contributed by atoms with Gasteiger partial charge in [-0.05, 0) is 31.7 Å². The van der Waals surface area contributed by atoms with Crippen molar-refractivity contribution in [3.05, 3.63) is 15.3 Å². The molecule has 0 aliphatic heterocycles.